The minimum atomic E-state index is -4.45. The molecule has 1 N–H and O–H groups in total. The van der Waals surface area contributed by atoms with Gasteiger partial charge in [-0.05, 0) is 61.6 Å². The molecule has 34 heavy (non-hydrogen) atoms. The number of benzene rings is 1. The van der Waals surface area contributed by atoms with Crippen molar-refractivity contribution in [1.82, 2.24) is 19.9 Å². The SMILES string of the molecule is O=C(c1cc(Cl)ccc1-c1ncccn1)N1[C@H](CNc2cc(C(F)(F)F)ccn2)CC[C@@H]2C[C@@H]21. The zero-order valence-electron chi connectivity index (χ0n) is 18.0. The molecule has 10 heteroatoms. The van der Waals surface area contributed by atoms with Gasteiger partial charge in [-0.15, -0.1) is 0 Å². The first-order valence-electron chi connectivity index (χ1n) is 11.0. The number of nitrogens with zero attached hydrogens (tertiary/aromatic N) is 4. The number of carbonyl (C=O) groups is 1. The predicted octanol–water partition coefficient (Wildman–Crippen LogP) is 5.32. The molecular weight excluding hydrogens is 467 g/mol. The number of aromatic nitrogens is 3. The highest BCUT2D eigenvalue weighted by molar-refractivity contribution is 6.31. The molecule has 1 aromatic carbocycles. The van der Waals surface area contributed by atoms with Crippen LogP contribution >= 0.6 is 11.6 Å². The van der Waals surface area contributed by atoms with Crippen molar-refractivity contribution in [1.29, 1.82) is 0 Å². The highest BCUT2D eigenvalue weighted by Crippen LogP contribution is 2.46. The Balaban J connectivity index is 1.41. The first-order chi connectivity index (χ1) is 16.3. The molecule has 5 rings (SSSR count). The zero-order valence-corrected chi connectivity index (χ0v) is 18.7. The van der Waals surface area contributed by atoms with E-state index in [1.54, 1.807) is 36.7 Å². The quantitative estimate of drug-likeness (QED) is 0.527. The molecule has 0 spiro atoms. The number of hydrogen-bond acceptors (Lipinski definition) is 5. The lowest BCUT2D eigenvalue weighted by Crippen LogP contribution is -2.48. The van der Waals surface area contributed by atoms with E-state index >= 15 is 0 Å². The fraction of sp³-hybridized carbons (Fsp3) is 0.333. The van der Waals surface area contributed by atoms with Crippen LogP contribution in [0.25, 0.3) is 11.4 Å². The number of piperidine rings is 1. The van der Waals surface area contributed by atoms with Gasteiger partial charge in [-0.3, -0.25) is 4.79 Å². The average molecular weight is 488 g/mol. The Labute approximate surface area is 199 Å². The molecular formula is C24H21ClF3N5O. The summed E-state index contributed by atoms with van der Waals surface area (Å²) in [6.45, 7) is 0.293. The van der Waals surface area contributed by atoms with Crippen molar-refractivity contribution in [2.24, 2.45) is 5.92 Å². The number of anilines is 1. The molecule has 3 heterocycles. The molecule has 1 saturated heterocycles. The maximum Gasteiger partial charge on any atom is 0.416 e. The molecule has 0 radical (unpaired) electrons. The van der Waals surface area contributed by atoms with Crippen LogP contribution < -0.4 is 5.32 Å². The van der Waals surface area contributed by atoms with Gasteiger partial charge in [0.2, 0.25) is 0 Å². The van der Waals surface area contributed by atoms with Gasteiger partial charge in [0.05, 0.1) is 11.1 Å². The van der Waals surface area contributed by atoms with Gasteiger partial charge in [-0.2, -0.15) is 13.2 Å². The lowest BCUT2D eigenvalue weighted by Gasteiger charge is -2.36. The average Bonchev–Trinajstić information content (AvgIpc) is 3.62. The number of alkyl halides is 3. The zero-order chi connectivity index (χ0) is 23.9. The molecule has 1 amide bonds. The standard InChI is InChI=1S/C24H21ClF3N5O/c25-16-3-5-18(22-30-7-1-8-31-22)19(12-16)23(34)33-17(4-2-14-10-20(14)33)13-32-21-11-15(6-9-29-21)24(26,27)28/h1,3,5-9,11-12,14,17,20H,2,4,10,13H2,(H,29,32)/t14-,17+,20+/m1/s1. The van der Waals surface area contributed by atoms with E-state index in [0.717, 1.165) is 37.6 Å². The monoisotopic (exact) mass is 487 g/mol. The topological polar surface area (TPSA) is 71.0 Å². The van der Waals surface area contributed by atoms with Gasteiger partial charge in [-0.1, -0.05) is 11.6 Å². The van der Waals surface area contributed by atoms with Crippen LogP contribution in [0, 0.1) is 5.92 Å². The van der Waals surface area contributed by atoms with Gasteiger partial charge >= 0.3 is 6.18 Å². The maximum atomic E-state index is 13.8. The second-order valence-electron chi connectivity index (χ2n) is 8.58. The third-order valence-electron chi connectivity index (χ3n) is 6.37. The first-order valence-corrected chi connectivity index (χ1v) is 11.4. The summed E-state index contributed by atoms with van der Waals surface area (Å²) in [7, 11) is 0. The Kier molecular flexibility index (Phi) is 5.89. The van der Waals surface area contributed by atoms with Crippen LogP contribution in [0.3, 0.4) is 0 Å². The van der Waals surface area contributed by atoms with Crippen molar-refractivity contribution >= 4 is 23.3 Å². The van der Waals surface area contributed by atoms with E-state index in [9.17, 15) is 18.0 Å². The van der Waals surface area contributed by atoms with Gasteiger partial charge in [0.1, 0.15) is 5.82 Å². The van der Waals surface area contributed by atoms with Crippen molar-refractivity contribution in [3.05, 3.63) is 71.1 Å². The number of nitrogens with one attached hydrogen (secondary N) is 1. The van der Waals surface area contributed by atoms with Crippen LogP contribution in [0.1, 0.15) is 35.2 Å². The maximum absolute atomic E-state index is 13.8. The van der Waals surface area contributed by atoms with Crippen molar-refractivity contribution in [3.8, 4) is 11.4 Å². The minimum absolute atomic E-state index is 0.103. The predicted molar refractivity (Wildman–Crippen MR) is 121 cm³/mol. The molecule has 1 aliphatic heterocycles. The largest absolute Gasteiger partial charge is 0.416 e. The Hall–Kier alpha value is -3.20. The molecule has 1 saturated carbocycles. The smallest absolute Gasteiger partial charge is 0.368 e. The summed E-state index contributed by atoms with van der Waals surface area (Å²) in [6, 6.07) is 8.57. The van der Waals surface area contributed by atoms with Crippen LogP contribution in [0.15, 0.2) is 55.0 Å². The number of hydrogen-bond donors (Lipinski definition) is 1. The van der Waals surface area contributed by atoms with Crippen LogP contribution in [0.2, 0.25) is 5.02 Å². The summed E-state index contributed by atoms with van der Waals surface area (Å²) in [5, 5.41) is 3.43. The molecule has 0 unspecified atom stereocenters. The van der Waals surface area contributed by atoms with Crippen LogP contribution in [-0.4, -0.2) is 44.4 Å². The third-order valence-corrected chi connectivity index (χ3v) is 6.60. The van der Waals surface area contributed by atoms with Crippen LogP contribution in [-0.2, 0) is 6.18 Å². The van der Waals surface area contributed by atoms with Crippen molar-refractivity contribution < 1.29 is 18.0 Å². The minimum Gasteiger partial charge on any atom is -0.368 e. The van der Waals surface area contributed by atoms with Gasteiger partial charge < -0.3 is 10.2 Å². The molecule has 176 valence electrons. The van der Waals surface area contributed by atoms with Crippen molar-refractivity contribution in [2.75, 3.05) is 11.9 Å². The summed E-state index contributed by atoms with van der Waals surface area (Å²) < 4.78 is 39.2. The molecule has 2 aromatic heterocycles. The Bertz CT molecular complexity index is 1210. The summed E-state index contributed by atoms with van der Waals surface area (Å²) in [6.07, 6.45) is 2.54. The molecule has 2 aliphatic rings. The van der Waals surface area contributed by atoms with Crippen LogP contribution in [0.5, 0.6) is 0 Å². The number of pyridine rings is 1. The Morgan fingerprint density at radius 2 is 1.88 bits per heavy atom. The summed E-state index contributed by atoms with van der Waals surface area (Å²) >= 11 is 6.24. The van der Waals surface area contributed by atoms with Gasteiger partial charge in [-0.25, -0.2) is 15.0 Å². The van der Waals surface area contributed by atoms with Gasteiger partial charge in [0.25, 0.3) is 5.91 Å². The lowest BCUT2D eigenvalue weighted by atomic mass is 9.98. The Morgan fingerprint density at radius 3 is 2.65 bits per heavy atom. The molecule has 3 aromatic rings. The Morgan fingerprint density at radius 1 is 1.09 bits per heavy atom. The van der Waals surface area contributed by atoms with E-state index < -0.39 is 11.7 Å². The fourth-order valence-corrected chi connectivity index (χ4v) is 4.78. The molecule has 2 fully saturated rings. The fourth-order valence-electron chi connectivity index (χ4n) is 4.61. The van der Waals surface area contributed by atoms with E-state index in [1.807, 2.05) is 4.90 Å². The molecule has 6 nitrogen and oxygen atoms in total. The van der Waals surface area contributed by atoms with Gasteiger partial charge in [0.15, 0.2) is 5.82 Å². The number of rotatable bonds is 5. The second kappa shape index (κ2) is 8.87. The van der Waals surface area contributed by atoms with E-state index in [1.165, 1.54) is 0 Å². The highest BCUT2D eigenvalue weighted by atomic mass is 35.5. The number of carbonyl (C=O) groups excluding carboxylic acids is 1. The van der Waals surface area contributed by atoms with Crippen LogP contribution in [0.4, 0.5) is 19.0 Å². The molecule has 0 bridgehead atoms. The second-order valence-corrected chi connectivity index (χ2v) is 9.01. The van der Waals surface area contributed by atoms with E-state index in [0.29, 0.717) is 34.4 Å². The van der Waals surface area contributed by atoms with E-state index in [2.05, 4.69) is 20.3 Å². The lowest BCUT2D eigenvalue weighted by molar-refractivity contribution is -0.137. The normalized spacial score (nSPS) is 21.6. The van der Waals surface area contributed by atoms with Gasteiger partial charge in [0, 0.05) is 47.8 Å². The van der Waals surface area contributed by atoms with E-state index in [4.69, 9.17) is 11.6 Å². The first kappa shape index (κ1) is 22.6. The summed E-state index contributed by atoms with van der Waals surface area (Å²) in [5.74, 6) is 0.819. The van der Waals surface area contributed by atoms with E-state index in [-0.39, 0.29) is 23.8 Å². The summed E-state index contributed by atoms with van der Waals surface area (Å²) in [4.78, 5) is 28.2. The van der Waals surface area contributed by atoms with Crippen molar-refractivity contribution in [3.63, 3.8) is 0 Å². The number of fused-ring (bicyclic) bond motifs is 1. The summed E-state index contributed by atoms with van der Waals surface area (Å²) in [5.41, 5.74) is 0.229. The third kappa shape index (κ3) is 4.57. The molecule has 3 atom stereocenters. The number of likely N-dealkylation sites (tertiary alicyclic amines) is 1. The number of amides is 1. The highest BCUT2D eigenvalue weighted by Gasteiger charge is 2.50. The van der Waals surface area contributed by atoms with Crippen molar-refractivity contribution in [2.45, 2.75) is 37.5 Å². The number of halogens is 4. The molecule has 1 aliphatic carbocycles.